The summed E-state index contributed by atoms with van der Waals surface area (Å²) in [7, 11) is 0. The molecule has 4 rings (SSSR count). The first-order valence-electron chi connectivity index (χ1n) is 8.47. The summed E-state index contributed by atoms with van der Waals surface area (Å²) in [6.07, 6.45) is 1.62. The molecule has 2 aromatic carbocycles. The van der Waals surface area contributed by atoms with Crippen molar-refractivity contribution in [3.63, 3.8) is 0 Å². The molecule has 27 heavy (non-hydrogen) atoms. The highest BCUT2D eigenvalue weighted by molar-refractivity contribution is 5.92. The highest BCUT2D eigenvalue weighted by Crippen LogP contribution is 2.35. The summed E-state index contributed by atoms with van der Waals surface area (Å²) < 4.78 is 25.6. The van der Waals surface area contributed by atoms with Crippen molar-refractivity contribution in [1.82, 2.24) is 15.1 Å². The van der Waals surface area contributed by atoms with Crippen molar-refractivity contribution < 1.29 is 18.7 Å². The van der Waals surface area contributed by atoms with Gasteiger partial charge in [-0.3, -0.25) is 4.79 Å². The first kappa shape index (κ1) is 17.1. The Balaban J connectivity index is 1.53. The average Bonchev–Trinajstić information content (AvgIpc) is 3.30. The largest absolute Gasteiger partial charge is 0.454 e. The molecule has 0 radical (unpaired) electrons. The van der Waals surface area contributed by atoms with Crippen LogP contribution in [-0.4, -0.2) is 22.5 Å². The second kappa shape index (κ2) is 6.42. The molecule has 0 saturated carbocycles. The molecular weight excluding hydrogens is 349 g/mol. The number of hydrogen-bond acceptors (Lipinski definition) is 4. The predicted molar refractivity (Wildman–Crippen MR) is 96.6 cm³/mol. The molecule has 1 amide bonds. The van der Waals surface area contributed by atoms with Crippen LogP contribution in [0.1, 0.15) is 29.9 Å². The molecule has 1 aliphatic rings. The third-order valence-corrected chi connectivity index (χ3v) is 4.41. The summed E-state index contributed by atoms with van der Waals surface area (Å²) >= 11 is 0. The molecule has 0 saturated heterocycles. The minimum Gasteiger partial charge on any atom is -0.454 e. The second-order valence-corrected chi connectivity index (χ2v) is 6.77. The lowest BCUT2D eigenvalue weighted by molar-refractivity contribution is 0.0906. The van der Waals surface area contributed by atoms with Gasteiger partial charge in [-0.05, 0) is 55.8 Å². The van der Waals surface area contributed by atoms with Crippen molar-refractivity contribution in [2.45, 2.75) is 19.4 Å². The van der Waals surface area contributed by atoms with Gasteiger partial charge in [0.2, 0.25) is 6.79 Å². The van der Waals surface area contributed by atoms with E-state index in [-0.39, 0.29) is 24.2 Å². The third kappa shape index (κ3) is 3.36. The number of carbonyl (C=O) groups is 1. The Bertz CT molecular complexity index is 1010. The number of aromatic nitrogens is 2. The van der Waals surface area contributed by atoms with Gasteiger partial charge in [-0.15, -0.1) is 0 Å². The SMILES string of the molecule is CC(C)(NC(=O)c1ccn(-c2cccc(F)c2)n1)c1ccc2c(c1)OCO2. The van der Waals surface area contributed by atoms with Crippen LogP contribution < -0.4 is 14.8 Å². The lowest BCUT2D eigenvalue weighted by Crippen LogP contribution is -2.41. The normalized spacial score (nSPS) is 12.9. The van der Waals surface area contributed by atoms with E-state index in [2.05, 4.69) is 10.4 Å². The van der Waals surface area contributed by atoms with Crippen molar-refractivity contribution >= 4 is 5.91 Å². The Morgan fingerprint density at radius 1 is 1.15 bits per heavy atom. The van der Waals surface area contributed by atoms with E-state index >= 15 is 0 Å². The number of halogens is 1. The molecule has 3 aromatic rings. The van der Waals surface area contributed by atoms with Gasteiger partial charge in [0.05, 0.1) is 11.2 Å². The second-order valence-electron chi connectivity index (χ2n) is 6.77. The molecule has 6 nitrogen and oxygen atoms in total. The maximum Gasteiger partial charge on any atom is 0.272 e. The monoisotopic (exact) mass is 367 g/mol. The van der Waals surface area contributed by atoms with Crippen LogP contribution in [0.25, 0.3) is 5.69 Å². The third-order valence-electron chi connectivity index (χ3n) is 4.41. The smallest absolute Gasteiger partial charge is 0.272 e. The number of hydrogen-bond donors (Lipinski definition) is 1. The maximum atomic E-state index is 13.4. The van der Waals surface area contributed by atoms with Crippen LogP contribution >= 0.6 is 0 Å². The van der Waals surface area contributed by atoms with Gasteiger partial charge in [0.25, 0.3) is 5.91 Å². The van der Waals surface area contributed by atoms with Gasteiger partial charge >= 0.3 is 0 Å². The fourth-order valence-electron chi connectivity index (χ4n) is 2.91. The van der Waals surface area contributed by atoms with Crippen molar-refractivity contribution in [3.8, 4) is 17.2 Å². The average molecular weight is 367 g/mol. The van der Waals surface area contributed by atoms with Gasteiger partial charge in [-0.1, -0.05) is 12.1 Å². The van der Waals surface area contributed by atoms with Crippen molar-refractivity contribution in [3.05, 3.63) is 71.8 Å². The summed E-state index contributed by atoms with van der Waals surface area (Å²) in [5.41, 5.74) is 1.02. The summed E-state index contributed by atoms with van der Waals surface area (Å²) in [5.74, 6) is 0.658. The molecule has 0 aliphatic carbocycles. The molecular formula is C20H18FN3O3. The van der Waals surface area contributed by atoms with Crippen LogP contribution in [0, 0.1) is 5.82 Å². The number of amides is 1. The quantitative estimate of drug-likeness (QED) is 0.768. The maximum absolute atomic E-state index is 13.4. The zero-order valence-corrected chi connectivity index (χ0v) is 14.9. The summed E-state index contributed by atoms with van der Waals surface area (Å²) in [5, 5.41) is 7.22. The van der Waals surface area contributed by atoms with Crippen LogP contribution in [0.2, 0.25) is 0 Å². The van der Waals surface area contributed by atoms with Gasteiger partial charge in [-0.2, -0.15) is 5.10 Å². The van der Waals surface area contributed by atoms with Crippen molar-refractivity contribution in [2.24, 2.45) is 0 Å². The van der Waals surface area contributed by atoms with Crippen LogP contribution in [0.5, 0.6) is 11.5 Å². The van der Waals surface area contributed by atoms with E-state index in [4.69, 9.17) is 9.47 Å². The van der Waals surface area contributed by atoms with E-state index in [0.29, 0.717) is 17.2 Å². The van der Waals surface area contributed by atoms with Gasteiger partial charge in [0.1, 0.15) is 5.82 Å². The minimum atomic E-state index is -0.652. The number of ether oxygens (including phenoxy) is 2. The van der Waals surface area contributed by atoms with E-state index in [0.717, 1.165) is 5.56 Å². The number of fused-ring (bicyclic) bond motifs is 1. The van der Waals surface area contributed by atoms with Gasteiger partial charge in [-0.25, -0.2) is 9.07 Å². The number of nitrogens with zero attached hydrogens (tertiary/aromatic N) is 2. The standard InChI is InChI=1S/C20H18FN3O3/c1-20(2,13-6-7-17-18(10-13)27-12-26-17)22-19(25)16-8-9-24(23-16)15-5-3-4-14(21)11-15/h3-11H,12H2,1-2H3,(H,22,25). The number of carbonyl (C=O) groups excluding carboxylic acids is 1. The van der Waals surface area contributed by atoms with Crippen LogP contribution in [0.4, 0.5) is 4.39 Å². The Kier molecular flexibility index (Phi) is 4.07. The predicted octanol–water partition coefficient (Wildman–Crippen LogP) is 3.41. The molecule has 1 aromatic heterocycles. The molecule has 0 fully saturated rings. The number of nitrogens with one attached hydrogen (secondary N) is 1. The molecule has 138 valence electrons. The zero-order chi connectivity index (χ0) is 19.0. The fraction of sp³-hybridized carbons (Fsp3) is 0.200. The summed E-state index contributed by atoms with van der Waals surface area (Å²) in [6.45, 7) is 3.99. The van der Waals surface area contributed by atoms with Crippen molar-refractivity contribution in [1.29, 1.82) is 0 Å². The van der Waals surface area contributed by atoms with E-state index in [1.54, 1.807) is 24.4 Å². The molecule has 0 spiro atoms. The topological polar surface area (TPSA) is 65.4 Å². The fourth-order valence-corrected chi connectivity index (χ4v) is 2.91. The summed E-state index contributed by atoms with van der Waals surface area (Å²) in [6, 6.07) is 13.2. The highest BCUT2D eigenvalue weighted by atomic mass is 19.1. The Morgan fingerprint density at radius 3 is 2.78 bits per heavy atom. The lowest BCUT2D eigenvalue weighted by atomic mass is 9.93. The molecule has 1 N–H and O–H groups in total. The molecule has 7 heteroatoms. The molecule has 0 atom stereocenters. The highest BCUT2D eigenvalue weighted by Gasteiger charge is 2.27. The van der Waals surface area contributed by atoms with Crippen LogP contribution in [0.3, 0.4) is 0 Å². The molecule has 0 unspecified atom stereocenters. The van der Waals surface area contributed by atoms with Crippen LogP contribution in [0.15, 0.2) is 54.7 Å². The van der Waals surface area contributed by atoms with E-state index in [1.807, 2.05) is 32.0 Å². The van der Waals surface area contributed by atoms with E-state index in [1.165, 1.54) is 16.8 Å². The van der Waals surface area contributed by atoms with Gasteiger partial charge in [0, 0.05) is 6.20 Å². The van der Waals surface area contributed by atoms with Gasteiger partial charge < -0.3 is 14.8 Å². The first-order valence-corrected chi connectivity index (χ1v) is 8.47. The zero-order valence-electron chi connectivity index (χ0n) is 14.9. The lowest BCUT2D eigenvalue weighted by Gasteiger charge is -2.26. The molecule has 0 bridgehead atoms. The summed E-state index contributed by atoms with van der Waals surface area (Å²) in [4.78, 5) is 12.7. The Morgan fingerprint density at radius 2 is 1.96 bits per heavy atom. The number of rotatable bonds is 4. The van der Waals surface area contributed by atoms with Crippen molar-refractivity contribution in [2.75, 3.05) is 6.79 Å². The number of benzene rings is 2. The Hall–Kier alpha value is -3.35. The van der Waals surface area contributed by atoms with E-state index < -0.39 is 5.54 Å². The van der Waals surface area contributed by atoms with Crippen LogP contribution in [-0.2, 0) is 5.54 Å². The molecule has 1 aliphatic heterocycles. The first-order chi connectivity index (χ1) is 12.9. The molecule has 2 heterocycles. The minimum absolute atomic E-state index is 0.198. The van der Waals surface area contributed by atoms with E-state index in [9.17, 15) is 9.18 Å². The Labute approximate surface area is 155 Å². The van der Waals surface area contributed by atoms with Gasteiger partial charge in [0.15, 0.2) is 17.2 Å².